The molecule has 2 aromatic rings. The largest absolute Gasteiger partial charge is 0.494 e. The standard InChI is InChI=1S/C14H17N3O3/c1-2-18-11-5-3-4-10(8-11)13-16-14(20-17-13)12-9-15-6-7-19-12/h3-5,8,12,15H,2,6-7,9H2,1H3. The monoisotopic (exact) mass is 275 g/mol. The molecule has 1 aromatic heterocycles. The average molecular weight is 275 g/mol. The Balaban J connectivity index is 1.80. The third kappa shape index (κ3) is 2.81. The van der Waals surface area contributed by atoms with E-state index >= 15 is 0 Å². The van der Waals surface area contributed by atoms with Crippen LogP contribution in [-0.2, 0) is 4.74 Å². The van der Waals surface area contributed by atoms with Crippen LogP contribution < -0.4 is 10.1 Å². The summed E-state index contributed by atoms with van der Waals surface area (Å²) in [5.41, 5.74) is 0.870. The third-order valence-corrected chi connectivity index (χ3v) is 3.05. The minimum atomic E-state index is -0.167. The van der Waals surface area contributed by atoms with Crippen LogP contribution >= 0.6 is 0 Å². The summed E-state index contributed by atoms with van der Waals surface area (Å²) in [6.07, 6.45) is -0.167. The second kappa shape index (κ2) is 6.02. The van der Waals surface area contributed by atoms with Crippen molar-refractivity contribution in [3.8, 4) is 17.1 Å². The Kier molecular flexibility index (Phi) is 3.94. The van der Waals surface area contributed by atoms with Gasteiger partial charge in [-0.3, -0.25) is 0 Å². The maximum Gasteiger partial charge on any atom is 0.257 e. The quantitative estimate of drug-likeness (QED) is 0.917. The van der Waals surface area contributed by atoms with Gasteiger partial charge in [0.1, 0.15) is 11.9 Å². The zero-order valence-corrected chi connectivity index (χ0v) is 11.3. The fourth-order valence-corrected chi connectivity index (χ4v) is 2.10. The van der Waals surface area contributed by atoms with Gasteiger partial charge in [-0.2, -0.15) is 4.98 Å². The summed E-state index contributed by atoms with van der Waals surface area (Å²) in [6.45, 7) is 4.78. The fourth-order valence-electron chi connectivity index (χ4n) is 2.10. The van der Waals surface area contributed by atoms with Crippen molar-refractivity contribution in [1.82, 2.24) is 15.5 Å². The predicted octanol–water partition coefficient (Wildman–Crippen LogP) is 1.80. The van der Waals surface area contributed by atoms with Crippen LogP contribution in [0.25, 0.3) is 11.4 Å². The maximum absolute atomic E-state index is 5.59. The van der Waals surface area contributed by atoms with Gasteiger partial charge in [-0.1, -0.05) is 17.3 Å². The van der Waals surface area contributed by atoms with E-state index in [0.717, 1.165) is 17.9 Å². The Morgan fingerprint density at radius 1 is 1.45 bits per heavy atom. The molecule has 0 aliphatic carbocycles. The number of hydrogen-bond donors (Lipinski definition) is 1. The van der Waals surface area contributed by atoms with E-state index in [1.807, 2.05) is 31.2 Å². The van der Waals surface area contributed by atoms with E-state index in [9.17, 15) is 0 Å². The normalized spacial score (nSPS) is 18.9. The van der Waals surface area contributed by atoms with Crippen molar-refractivity contribution in [1.29, 1.82) is 0 Å². The summed E-state index contributed by atoms with van der Waals surface area (Å²) in [5, 5.41) is 7.25. The Bertz CT molecular complexity index is 564. The molecule has 0 bridgehead atoms. The summed E-state index contributed by atoms with van der Waals surface area (Å²) in [7, 11) is 0. The van der Waals surface area contributed by atoms with Crippen LogP contribution in [-0.4, -0.2) is 36.4 Å². The van der Waals surface area contributed by atoms with Crippen molar-refractivity contribution in [3.63, 3.8) is 0 Å². The predicted molar refractivity (Wildman–Crippen MR) is 72.5 cm³/mol. The summed E-state index contributed by atoms with van der Waals surface area (Å²) in [4.78, 5) is 4.41. The SMILES string of the molecule is CCOc1cccc(-c2noc(C3CNCCO3)n2)c1. The molecule has 1 aromatic carbocycles. The molecule has 1 unspecified atom stereocenters. The molecule has 1 aliphatic heterocycles. The highest BCUT2D eigenvalue weighted by Gasteiger charge is 2.22. The van der Waals surface area contributed by atoms with Gasteiger partial charge in [0, 0.05) is 18.7 Å². The molecule has 0 amide bonds. The Hall–Kier alpha value is -1.92. The lowest BCUT2D eigenvalue weighted by atomic mass is 10.2. The van der Waals surface area contributed by atoms with Crippen LogP contribution in [0.1, 0.15) is 18.9 Å². The first-order valence-corrected chi connectivity index (χ1v) is 6.76. The van der Waals surface area contributed by atoms with Crippen LogP contribution in [0.5, 0.6) is 5.75 Å². The van der Waals surface area contributed by atoms with Crippen molar-refractivity contribution in [2.45, 2.75) is 13.0 Å². The van der Waals surface area contributed by atoms with E-state index in [-0.39, 0.29) is 6.10 Å². The third-order valence-electron chi connectivity index (χ3n) is 3.05. The highest BCUT2D eigenvalue weighted by atomic mass is 16.5. The highest BCUT2D eigenvalue weighted by Crippen LogP contribution is 2.24. The van der Waals surface area contributed by atoms with E-state index < -0.39 is 0 Å². The van der Waals surface area contributed by atoms with Gasteiger partial charge < -0.3 is 19.3 Å². The summed E-state index contributed by atoms with van der Waals surface area (Å²) in [5.74, 6) is 1.86. The van der Waals surface area contributed by atoms with Gasteiger partial charge in [0.25, 0.3) is 5.89 Å². The molecule has 6 heteroatoms. The highest BCUT2D eigenvalue weighted by molar-refractivity contribution is 5.56. The van der Waals surface area contributed by atoms with Gasteiger partial charge in [-0.25, -0.2) is 0 Å². The Labute approximate surface area is 117 Å². The summed E-state index contributed by atoms with van der Waals surface area (Å²) in [6, 6.07) is 7.65. The maximum atomic E-state index is 5.59. The summed E-state index contributed by atoms with van der Waals surface area (Å²) < 4.78 is 16.4. The van der Waals surface area contributed by atoms with Gasteiger partial charge in [0.2, 0.25) is 5.82 Å². The molecule has 1 aliphatic rings. The van der Waals surface area contributed by atoms with Gasteiger partial charge in [-0.05, 0) is 19.1 Å². The summed E-state index contributed by atoms with van der Waals surface area (Å²) >= 11 is 0. The van der Waals surface area contributed by atoms with Gasteiger partial charge in [0.15, 0.2) is 0 Å². The van der Waals surface area contributed by atoms with Crippen LogP contribution in [0.15, 0.2) is 28.8 Å². The van der Waals surface area contributed by atoms with E-state index in [1.54, 1.807) is 0 Å². The van der Waals surface area contributed by atoms with Crippen LogP contribution in [0, 0.1) is 0 Å². The number of morpholine rings is 1. The Morgan fingerprint density at radius 2 is 2.40 bits per heavy atom. The van der Waals surface area contributed by atoms with Crippen molar-refractivity contribution < 1.29 is 14.0 Å². The second-order valence-corrected chi connectivity index (χ2v) is 4.48. The smallest absolute Gasteiger partial charge is 0.257 e. The van der Waals surface area contributed by atoms with E-state index in [2.05, 4.69) is 15.5 Å². The van der Waals surface area contributed by atoms with Crippen molar-refractivity contribution in [3.05, 3.63) is 30.2 Å². The fraction of sp³-hybridized carbons (Fsp3) is 0.429. The first-order valence-electron chi connectivity index (χ1n) is 6.76. The lowest BCUT2D eigenvalue weighted by molar-refractivity contribution is 0.00755. The van der Waals surface area contributed by atoms with Crippen LogP contribution in [0.3, 0.4) is 0 Å². The second-order valence-electron chi connectivity index (χ2n) is 4.48. The zero-order valence-electron chi connectivity index (χ0n) is 11.3. The molecule has 6 nitrogen and oxygen atoms in total. The number of aromatic nitrogens is 2. The minimum absolute atomic E-state index is 0.167. The molecule has 1 atom stereocenters. The molecule has 2 heterocycles. The first kappa shape index (κ1) is 13.1. The molecule has 1 N–H and O–H groups in total. The molecule has 1 fully saturated rings. The van der Waals surface area contributed by atoms with Crippen LogP contribution in [0.4, 0.5) is 0 Å². The average Bonchev–Trinajstić information content (AvgIpc) is 2.99. The lowest BCUT2D eigenvalue weighted by Crippen LogP contribution is -2.33. The Morgan fingerprint density at radius 3 is 3.20 bits per heavy atom. The molecular weight excluding hydrogens is 258 g/mol. The van der Waals surface area contributed by atoms with Gasteiger partial charge in [-0.15, -0.1) is 0 Å². The minimum Gasteiger partial charge on any atom is -0.494 e. The number of nitrogens with one attached hydrogen (secondary N) is 1. The molecule has 0 radical (unpaired) electrons. The van der Waals surface area contributed by atoms with Gasteiger partial charge >= 0.3 is 0 Å². The molecule has 3 rings (SSSR count). The van der Waals surface area contributed by atoms with Crippen molar-refractivity contribution in [2.75, 3.05) is 26.3 Å². The molecule has 1 saturated heterocycles. The topological polar surface area (TPSA) is 69.4 Å². The number of benzene rings is 1. The van der Waals surface area contributed by atoms with E-state index in [0.29, 0.717) is 31.5 Å². The molecule has 106 valence electrons. The number of rotatable bonds is 4. The van der Waals surface area contributed by atoms with E-state index in [1.165, 1.54) is 0 Å². The zero-order chi connectivity index (χ0) is 13.8. The first-order chi connectivity index (χ1) is 9.86. The number of ether oxygens (including phenoxy) is 2. The number of hydrogen-bond acceptors (Lipinski definition) is 6. The van der Waals surface area contributed by atoms with Crippen molar-refractivity contribution in [2.24, 2.45) is 0 Å². The molecular formula is C14H17N3O3. The number of nitrogens with zero attached hydrogens (tertiary/aromatic N) is 2. The molecule has 20 heavy (non-hydrogen) atoms. The molecule has 0 saturated carbocycles. The lowest BCUT2D eigenvalue weighted by Gasteiger charge is -2.19. The van der Waals surface area contributed by atoms with Crippen molar-refractivity contribution >= 4 is 0 Å². The van der Waals surface area contributed by atoms with Gasteiger partial charge in [0.05, 0.1) is 13.2 Å². The molecule has 0 spiro atoms. The van der Waals surface area contributed by atoms with E-state index in [4.69, 9.17) is 14.0 Å². The van der Waals surface area contributed by atoms with Crippen LogP contribution in [0.2, 0.25) is 0 Å².